The van der Waals surface area contributed by atoms with Crippen LogP contribution in [0.2, 0.25) is 0 Å². The number of nitrogens with zero attached hydrogens (tertiary/aromatic N) is 1. The lowest BCUT2D eigenvalue weighted by atomic mass is 10.1. The van der Waals surface area contributed by atoms with Crippen LogP contribution in [0.15, 0.2) is 24.3 Å². The second-order valence-electron chi connectivity index (χ2n) is 4.62. The smallest absolute Gasteiger partial charge is 0.119 e. The van der Waals surface area contributed by atoms with Gasteiger partial charge in [-0.05, 0) is 38.0 Å². The van der Waals surface area contributed by atoms with Crippen molar-refractivity contribution in [1.82, 2.24) is 4.90 Å². The van der Waals surface area contributed by atoms with Gasteiger partial charge in [-0.2, -0.15) is 0 Å². The molecule has 1 heterocycles. The van der Waals surface area contributed by atoms with Crippen molar-refractivity contribution in [3.8, 4) is 5.75 Å². The summed E-state index contributed by atoms with van der Waals surface area (Å²) < 4.78 is 5.51. The highest BCUT2D eigenvalue weighted by molar-refractivity contribution is 5.30. The second-order valence-corrected chi connectivity index (χ2v) is 4.62. The number of benzene rings is 1. The summed E-state index contributed by atoms with van der Waals surface area (Å²) in [6.07, 6.45) is 0.725. The molecule has 0 saturated carbocycles. The summed E-state index contributed by atoms with van der Waals surface area (Å²) in [5, 5.41) is 9.57. The predicted molar refractivity (Wildman–Crippen MR) is 68.2 cm³/mol. The van der Waals surface area contributed by atoms with Crippen LogP contribution in [-0.4, -0.2) is 35.8 Å². The molecule has 17 heavy (non-hydrogen) atoms. The van der Waals surface area contributed by atoms with Crippen LogP contribution in [0.4, 0.5) is 0 Å². The fourth-order valence-electron chi connectivity index (χ4n) is 2.36. The zero-order valence-electron chi connectivity index (χ0n) is 10.6. The van der Waals surface area contributed by atoms with Crippen LogP contribution in [0.1, 0.15) is 31.9 Å². The van der Waals surface area contributed by atoms with Crippen LogP contribution in [0.5, 0.6) is 5.75 Å². The molecule has 2 atom stereocenters. The summed E-state index contributed by atoms with van der Waals surface area (Å²) in [4.78, 5) is 2.32. The number of rotatable bonds is 4. The summed E-state index contributed by atoms with van der Waals surface area (Å²) in [5.41, 5.74) is 1.25. The highest BCUT2D eigenvalue weighted by Crippen LogP contribution is 2.27. The molecule has 1 N–H and O–H groups in total. The Morgan fingerprint density at radius 2 is 2.35 bits per heavy atom. The highest BCUT2D eigenvalue weighted by Gasteiger charge is 2.25. The Bertz CT molecular complexity index is 367. The van der Waals surface area contributed by atoms with E-state index < -0.39 is 0 Å². The number of likely N-dealkylation sites (tertiary alicyclic amines) is 1. The molecule has 1 aromatic carbocycles. The van der Waals surface area contributed by atoms with Crippen LogP contribution in [0.25, 0.3) is 0 Å². The summed E-state index contributed by atoms with van der Waals surface area (Å²) >= 11 is 0. The average molecular weight is 235 g/mol. The van der Waals surface area contributed by atoms with Crippen molar-refractivity contribution in [2.24, 2.45) is 0 Å². The van der Waals surface area contributed by atoms with Crippen LogP contribution in [0.3, 0.4) is 0 Å². The van der Waals surface area contributed by atoms with Crippen molar-refractivity contribution < 1.29 is 9.84 Å². The molecule has 3 heteroatoms. The first-order valence-electron chi connectivity index (χ1n) is 6.35. The summed E-state index contributed by atoms with van der Waals surface area (Å²) in [7, 11) is 0. The molecule has 1 aromatic rings. The fourth-order valence-corrected chi connectivity index (χ4v) is 2.36. The maximum Gasteiger partial charge on any atom is 0.119 e. The molecular formula is C14H21NO2. The summed E-state index contributed by atoms with van der Waals surface area (Å²) in [5.74, 6) is 0.927. The number of hydrogen-bond acceptors (Lipinski definition) is 3. The SMILES string of the molecule is CCOc1cccc(C(C)N2CCC(O)C2)c1. The molecule has 0 radical (unpaired) electrons. The van der Waals surface area contributed by atoms with E-state index in [0.717, 1.165) is 25.3 Å². The van der Waals surface area contributed by atoms with Crippen LogP contribution in [0, 0.1) is 0 Å². The first-order chi connectivity index (χ1) is 8.20. The van der Waals surface area contributed by atoms with E-state index in [-0.39, 0.29) is 6.10 Å². The topological polar surface area (TPSA) is 32.7 Å². The quantitative estimate of drug-likeness (QED) is 0.868. The molecule has 2 rings (SSSR count). The fraction of sp³-hybridized carbons (Fsp3) is 0.571. The van der Waals surface area contributed by atoms with Crippen molar-refractivity contribution in [3.05, 3.63) is 29.8 Å². The molecule has 1 fully saturated rings. The normalized spacial score (nSPS) is 22.6. The van der Waals surface area contributed by atoms with Gasteiger partial charge < -0.3 is 9.84 Å². The molecule has 1 saturated heterocycles. The molecule has 1 aliphatic rings. The Hall–Kier alpha value is -1.06. The lowest BCUT2D eigenvalue weighted by Gasteiger charge is -2.24. The number of hydrogen-bond donors (Lipinski definition) is 1. The Kier molecular flexibility index (Phi) is 4.02. The van der Waals surface area contributed by atoms with E-state index in [4.69, 9.17) is 4.74 Å². The highest BCUT2D eigenvalue weighted by atomic mass is 16.5. The minimum Gasteiger partial charge on any atom is -0.494 e. The van der Waals surface area contributed by atoms with Crippen molar-refractivity contribution in [2.45, 2.75) is 32.4 Å². The largest absolute Gasteiger partial charge is 0.494 e. The monoisotopic (exact) mass is 235 g/mol. The van der Waals surface area contributed by atoms with E-state index in [1.165, 1.54) is 5.56 Å². The molecule has 2 unspecified atom stereocenters. The number of β-amino-alcohol motifs (C(OH)–C–C–N with tert-alkyl or cyclic N) is 1. The van der Waals surface area contributed by atoms with Gasteiger partial charge in [-0.15, -0.1) is 0 Å². The van der Waals surface area contributed by atoms with Gasteiger partial charge in [0, 0.05) is 19.1 Å². The Balaban J connectivity index is 2.07. The van der Waals surface area contributed by atoms with E-state index in [0.29, 0.717) is 12.6 Å². The predicted octanol–water partition coefficient (Wildman–Crippen LogP) is 2.21. The standard InChI is InChI=1S/C14H21NO2/c1-3-17-14-6-4-5-12(9-14)11(2)15-8-7-13(16)10-15/h4-6,9,11,13,16H,3,7-8,10H2,1-2H3. The molecule has 0 aromatic heterocycles. The van der Waals surface area contributed by atoms with Crippen molar-refractivity contribution in [3.63, 3.8) is 0 Å². The first kappa shape index (κ1) is 12.4. The lowest BCUT2D eigenvalue weighted by Crippen LogP contribution is -2.25. The van der Waals surface area contributed by atoms with Gasteiger partial charge in [0.2, 0.25) is 0 Å². The van der Waals surface area contributed by atoms with Crippen molar-refractivity contribution >= 4 is 0 Å². The van der Waals surface area contributed by atoms with Crippen molar-refractivity contribution in [2.75, 3.05) is 19.7 Å². The Morgan fingerprint density at radius 3 is 3.00 bits per heavy atom. The Morgan fingerprint density at radius 1 is 1.53 bits per heavy atom. The molecular weight excluding hydrogens is 214 g/mol. The number of aliphatic hydroxyl groups is 1. The maximum atomic E-state index is 9.57. The number of ether oxygens (including phenoxy) is 1. The van der Waals surface area contributed by atoms with Crippen molar-refractivity contribution in [1.29, 1.82) is 0 Å². The lowest BCUT2D eigenvalue weighted by molar-refractivity contribution is 0.163. The summed E-state index contributed by atoms with van der Waals surface area (Å²) in [6.45, 7) is 6.62. The minimum atomic E-state index is -0.160. The van der Waals surface area contributed by atoms with Gasteiger partial charge in [-0.3, -0.25) is 4.90 Å². The molecule has 0 spiro atoms. The maximum absolute atomic E-state index is 9.57. The van der Waals surface area contributed by atoms with Crippen LogP contribution >= 0.6 is 0 Å². The minimum absolute atomic E-state index is 0.160. The molecule has 0 bridgehead atoms. The van der Waals surface area contributed by atoms with E-state index in [2.05, 4.69) is 24.0 Å². The third-order valence-electron chi connectivity index (χ3n) is 3.39. The molecule has 3 nitrogen and oxygen atoms in total. The van der Waals surface area contributed by atoms with Gasteiger partial charge in [0.1, 0.15) is 5.75 Å². The summed E-state index contributed by atoms with van der Waals surface area (Å²) in [6, 6.07) is 8.58. The zero-order valence-corrected chi connectivity index (χ0v) is 10.6. The van der Waals surface area contributed by atoms with E-state index in [1.54, 1.807) is 0 Å². The van der Waals surface area contributed by atoms with Gasteiger partial charge in [0.15, 0.2) is 0 Å². The molecule has 0 aliphatic carbocycles. The average Bonchev–Trinajstić information content (AvgIpc) is 2.76. The van der Waals surface area contributed by atoms with Gasteiger partial charge in [-0.1, -0.05) is 12.1 Å². The third kappa shape index (κ3) is 2.99. The number of aliphatic hydroxyl groups excluding tert-OH is 1. The van der Waals surface area contributed by atoms with Gasteiger partial charge in [0.25, 0.3) is 0 Å². The van der Waals surface area contributed by atoms with E-state index in [9.17, 15) is 5.11 Å². The van der Waals surface area contributed by atoms with E-state index >= 15 is 0 Å². The van der Waals surface area contributed by atoms with Gasteiger partial charge in [0.05, 0.1) is 12.7 Å². The van der Waals surface area contributed by atoms with Gasteiger partial charge >= 0.3 is 0 Å². The van der Waals surface area contributed by atoms with Gasteiger partial charge in [-0.25, -0.2) is 0 Å². The van der Waals surface area contributed by atoms with E-state index in [1.807, 2.05) is 19.1 Å². The Labute approximate surface area is 103 Å². The molecule has 0 amide bonds. The van der Waals surface area contributed by atoms with Crippen LogP contribution < -0.4 is 4.74 Å². The zero-order chi connectivity index (χ0) is 12.3. The third-order valence-corrected chi connectivity index (χ3v) is 3.39. The second kappa shape index (κ2) is 5.52. The molecule has 94 valence electrons. The van der Waals surface area contributed by atoms with Crippen LogP contribution in [-0.2, 0) is 0 Å². The first-order valence-corrected chi connectivity index (χ1v) is 6.35. The molecule has 1 aliphatic heterocycles.